The molecule has 0 heterocycles. The Balaban J connectivity index is 3.23. The molecule has 0 saturated heterocycles. The van der Waals surface area contributed by atoms with Crippen molar-refractivity contribution in [2.45, 2.75) is 16.8 Å². The number of rotatable bonds is 2. The van der Waals surface area contributed by atoms with Crippen LogP contribution >= 0.6 is 31.9 Å². The predicted molar refractivity (Wildman–Crippen MR) is 62.2 cm³/mol. The van der Waals surface area contributed by atoms with E-state index in [9.17, 15) is 18.0 Å². The first-order valence-corrected chi connectivity index (χ1v) is 6.07. The number of aryl methyl sites for hydroxylation is 1. The minimum absolute atomic E-state index is 0.0247. The van der Waals surface area contributed by atoms with Crippen molar-refractivity contribution in [2.75, 3.05) is 0 Å². The van der Waals surface area contributed by atoms with Gasteiger partial charge in [0.2, 0.25) is 0 Å². The van der Waals surface area contributed by atoms with E-state index in [1.807, 2.05) is 0 Å². The van der Waals surface area contributed by atoms with Gasteiger partial charge in [-0.15, -0.1) is 0 Å². The van der Waals surface area contributed by atoms with Gasteiger partial charge in [0, 0.05) is 5.56 Å². The first-order valence-electron chi connectivity index (χ1n) is 4.23. The molecule has 0 saturated carbocycles. The van der Waals surface area contributed by atoms with Crippen molar-refractivity contribution in [1.82, 2.24) is 0 Å². The second-order valence-corrected chi connectivity index (χ2v) is 6.25. The van der Waals surface area contributed by atoms with Gasteiger partial charge in [-0.1, -0.05) is 44.0 Å². The largest absolute Gasteiger partial charge is 0.416 e. The summed E-state index contributed by atoms with van der Waals surface area (Å²) in [5.74, 6) is -0.439. The van der Waals surface area contributed by atoms with E-state index in [2.05, 4.69) is 31.9 Å². The molecular formula is C10H7Br2F3O. The van der Waals surface area contributed by atoms with Crippen LogP contribution < -0.4 is 0 Å². The number of benzene rings is 1. The molecule has 0 fully saturated rings. The quantitative estimate of drug-likeness (QED) is 0.568. The Bertz CT molecular complexity index is 413. The molecular weight excluding hydrogens is 353 g/mol. The highest BCUT2D eigenvalue weighted by molar-refractivity contribution is 9.25. The van der Waals surface area contributed by atoms with Crippen LogP contribution in [0.3, 0.4) is 0 Å². The van der Waals surface area contributed by atoms with Crippen LogP contribution in [0.5, 0.6) is 0 Å². The monoisotopic (exact) mass is 358 g/mol. The van der Waals surface area contributed by atoms with Crippen molar-refractivity contribution in [2.24, 2.45) is 0 Å². The fraction of sp³-hybridized carbons (Fsp3) is 0.300. The molecule has 0 amide bonds. The number of hydrogen-bond donors (Lipinski definition) is 0. The molecule has 0 aliphatic rings. The molecule has 16 heavy (non-hydrogen) atoms. The zero-order valence-electron chi connectivity index (χ0n) is 8.11. The van der Waals surface area contributed by atoms with Crippen LogP contribution in [0.2, 0.25) is 0 Å². The first-order chi connectivity index (χ1) is 7.23. The smallest absolute Gasteiger partial charge is 0.292 e. The van der Waals surface area contributed by atoms with E-state index in [-0.39, 0.29) is 11.1 Å². The highest BCUT2D eigenvalue weighted by Crippen LogP contribution is 2.33. The van der Waals surface area contributed by atoms with Crippen LogP contribution in [0.1, 0.15) is 21.5 Å². The summed E-state index contributed by atoms with van der Waals surface area (Å²) in [5, 5.41) is 0. The maximum atomic E-state index is 12.6. The third-order valence-corrected chi connectivity index (χ3v) is 2.86. The topological polar surface area (TPSA) is 17.1 Å². The molecule has 6 heteroatoms. The summed E-state index contributed by atoms with van der Waals surface area (Å²) in [7, 11) is 0. The maximum absolute atomic E-state index is 12.6. The molecule has 0 N–H and O–H groups in total. The van der Waals surface area contributed by atoms with E-state index in [4.69, 9.17) is 0 Å². The average Bonchev–Trinajstić information content (AvgIpc) is 2.15. The number of hydrogen-bond acceptors (Lipinski definition) is 1. The van der Waals surface area contributed by atoms with E-state index in [1.165, 1.54) is 19.1 Å². The Labute approximate surface area is 107 Å². The molecule has 0 radical (unpaired) electrons. The lowest BCUT2D eigenvalue weighted by Crippen LogP contribution is -2.12. The number of alkyl halides is 5. The van der Waals surface area contributed by atoms with Crippen LogP contribution in [0, 0.1) is 6.92 Å². The Morgan fingerprint density at radius 1 is 1.31 bits per heavy atom. The lowest BCUT2D eigenvalue weighted by atomic mass is 10.0. The van der Waals surface area contributed by atoms with E-state index < -0.39 is 21.3 Å². The van der Waals surface area contributed by atoms with Gasteiger partial charge in [0.15, 0.2) is 5.78 Å². The van der Waals surface area contributed by atoms with Crippen molar-refractivity contribution in [3.63, 3.8) is 0 Å². The fourth-order valence-electron chi connectivity index (χ4n) is 1.21. The second-order valence-electron chi connectivity index (χ2n) is 3.19. The third kappa shape index (κ3) is 3.07. The Kier molecular flexibility index (Phi) is 4.17. The van der Waals surface area contributed by atoms with Gasteiger partial charge in [-0.05, 0) is 18.6 Å². The van der Waals surface area contributed by atoms with Gasteiger partial charge >= 0.3 is 6.18 Å². The molecule has 0 spiro atoms. The molecule has 1 nitrogen and oxygen atoms in total. The van der Waals surface area contributed by atoms with Gasteiger partial charge < -0.3 is 0 Å². The van der Waals surface area contributed by atoms with Crippen LogP contribution in [0.15, 0.2) is 18.2 Å². The zero-order valence-corrected chi connectivity index (χ0v) is 11.3. The first kappa shape index (κ1) is 13.7. The van der Waals surface area contributed by atoms with Crippen molar-refractivity contribution in [3.8, 4) is 0 Å². The number of carbonyl (C=O) groups excluding carboxylic acids is 1. The predicted octanol–water partition coefficient (Wildman–Crippen LogP) is 4.31. The van der Waals surface area contributed by atoms with Gasteiger partial charge in [-0.3, -0.25) is 4.79 Å². The third-order valence-electron chi connectivity index (χ3n) is 2.03. The molecule has 0 unspecified atom stereocenters. The summed E-state index contributed by atoms with van der Waals surface area (Å²) < 4.78 is 37.0. The van der Waals surface area contributed by atoms with Crippen molar-refractivity contribution in [3.05, 3.63) is 34.9 Å². The van der Waals surface area contributed by atoms with Gasteiger partial charge in [0.1, 0.15) is 3.74 Å². The van der Waals surface area contributed by atoms with Gasteiger partial charge in [-0.2, -0.15) is 13.2 Å². The summed E-state index contributed by atoms with van der Waals surface area (Å²) in [6.45, 7) is 1.36. The SMILES string of the molecule is Cc1ccc(C(=O)C(Br)Br)cc1C(F)(F)F. The van der Waals surface area contributed by atoms with Crippen molar-refractivity contribution < 1.29 is 18.0 Å². The Hall–Kier alpha value is -0.360. The van der Waals surface area contributed by atoms with E-state index in [0.29, 0.717) is 0 Å². The lowest BCUT2D eigenvalue weighted by Gasteiger charge is -2.11. The number of ketones is 1. The van der Waals surface area contributed by atoms with Gasteiger partial charge in [0.25, 0.3) is 0 Å². The zero-order chi connectivity index (χ0) is 12.5. The standard InChI is InChI=1S/C10H7Br2F3O/c1-5-2-3-6(8(16)9(11)12)4-7(5)10(13,14)15/h2-4,9H,1H3. The molecule has 0 atom stereocenters. The van der Waals surface area contributed by atoms with Gasteiger partial charge in [-0.25, -0.2) is 0 Å². The molecule has 1 rings (SSSR count). The number of halogens is 5. The normalized spacial score (nSPS) is 11.9. The summed E-state index contributed by atoms with van der Waals surface area (Å²) >= 11 is 5.91. The molecule has 0 aliphatic heterocycles. The molecule has 1 aromatic carbocycles. The van der Waals surface area contributed by atoms with Crippen molar-refractivity contribution in [1.29, 1.82) is 0 Å². The molecule has 0 bridgehead atoms. The van der Waals surface area contributed by atoms with E-state index >= 15 is 0 Å². The van der Waals surface area contributed by atoms with Gasteiger partial charge in [0.05, 0.1) is 5.56 Å². The fourth-order valence-corrected chi connectivity index (χ4v) is 1.74. The van der Waals surface area contributed by atoms with Crippen LogP contribution in [0.25, 0.3) is 0 Å². The number of Topliss-reactive ketones (excluding diaryl/α,β-unsaturated/α-hetero) is 1. The van der Waals surface area contributed by atoms with Crippen LogP contribution in [-0.2, 0) is 6.18 Å². The Morgan fingerprint density at radius 2 is 1.88 bits per heavy atom. The molecule has 88 valence electrons. The summed E-state index contributed by atoms with van der Waals surface area (Å²) in [4.78, 5) is 11.5. The lowest BCUT2D eigenvalue weighted by molar-refractivity contribution is -0.138. The van der Waals surface area contributed by atoms with Crippen molar-refractivity contribution >= 4 is 37.6 Å². The highest BCUT2D eigenvalue weighted by Gasteiger charge is 2.33. The van der Waals surface area contributed by atoms with E-state index in [1.54, 1.807) is 0 Å². The highest BCUT2D eigenvalue weighted by atomic mass is 79.9. The average molecular weight is 360 g/mol. The molecule has 0 aliphatic carbocycles. The summed E-state index contributed by atoms with van der Waals surface area (Å²) in [6, 6.07) is 3.54. The summed E-state index contributed by atoms with van der Waals surface area (Å²) in [6.07, 6.45) is -4.44. The van der Waals surface area contributed by atoms with Crippen LogP contribution in [0.4, 0.5) is 13.2 Å². The Morgan fingerprint density at radius 3 is 2.31 bits per heavy atom. The minimum atomic E-state index is -4.44. The molecule has 1 aromatic rings. The maximum Gasteiger partial charge on any atom is 0.416 e. The van der Waals surface area contributed by atoms with E-state index in [0.717, 1.165) is 6.07 Å². The number of carbonyl (C=O) groups is 1. The summed E-state index contributed by atoms with van der Waals surface area (Å²) in [5.41, 5.74) is -0.652. The molecule has 0 aromatic heterocycles. The van der Waals surface area contributed by atoms with Crippen LogP contribution in [-0.4, -0.2) is 9.52 Å². The minimum Gasteiger partial charge on any atom is -0.292 e. The second kappa shape index (κ2) is 4.87.